The molecule has 0 saturated carbocycles. The lowest BCUT2D eigenvalue weighted by Gasteiger charge is -2.41. The first kappa shape index (κ1) is 25.2. The Hall–Kier alpha value is -5.05. The number of amides is 1. The van der Waals surface area contributed by atoms with Crippen molar-refractivity contribution in [3.05, 3.63) is 90.3 Å². The summed E-state index contributed by atoms with van der Waals surface area (Å²) in [7, 11) is 3.19. The largest absolute Gasteiger partial charge is 0.496 e. The van der Waals surface area contributed by atoms with Crippen molar-refractivity contribution in [3.63, 3.8) is 0 Å². The van der Waals surface area contributed by atoms with Crippen LogP contribution in [0.25, 0.3) is 11.1 Å². The number of ether oxygens (including phenoxy) is 3. The Morgan fingerprint density at radius 1 is 0.950 bits per heavy atom. The van der Waals surface area contributed by atoms with Gasteiger partial charge in [-0.3, -0.25) is 14.8 Å². The number of para-hydroxylation sites is 2. The first-order valence-corrected chi connectivity index (χ1v) is 12.8. The van der Waals surface area contributed by atoms with Gasteiger partial charge < -0.3 is 19.5 Å². The van der Waals surface area contributed by atoms with E-state index in [0.29, 0.717) is 29.4 Å². The van der Waals surface area contributed by atoms with Crippen LogP contribution in [-0.2, 0) is 11.3 Å². The van der Waals surface area contributed by atoms with E-state index in [-0.39, 0.29) is 5.91 Å². The predicted molar refractivity (Wildman–Crippen MR) is 152 cm³/mol. The number of anilines is 3. The molecule has 2 aliphatic heterocycles. The summed E-state index contributed by atoms with van der Waals surface area (Å²) in [6.07, 6.45) is 3.05. The van der Waals surface area contributed by atoms with Crippen LogP contribution in [0.15, 0.2) is 79.1 Å². The zero-order valence-electron chi connectivity index (χ0n) is 22.6. The van der Waals surface area contributed by atoms with E-state index >= 15 is 0 Å². The third kappa shape index (κ3) is 4.07. The summed E-state index contributed by atoms with van der Waals surface area (Å²) in [5, 5.41) is 7.11. The van der Waals surface area contributed by atoms with Crippen molar-refractivity contribution in [2.24, 2.45) is 0 Å². The van der Waals surface area contributed by atoms with Crippen LogP contribution in [0.2, 0.25) is 0 Å². The highest BCUT2D eigenvalue weighted by atomic mass is 16.5. The molecule has 0 atom stereocenters. The van der Waals surface area contributed by atoms with E-state index in [1.165, 1.54) is 6.20 Å². The average molecular weight is 537 g/mol. The molecule has 3 aromatic carbocycles. The molecule has 0 unspecified atom stereocenters. The predicted octanol–water partition coefficient (Wildman–Crippen LogP) is 5.46. The molecule has 3 heterocycles. The van der Waals surface area contributed by atoms with Crippen molar-refractivity contribution in [2.45, 2.75) is 25.9 Å². The molecule has 9 nitrogen and oxygen atoms in total. The number of carbonyl (C=O) groups excluding carboxylic acids is 2. The van der Waals surface area contributed by atoms with Gasteiger partial charge in [-0.05, 0) is 61.9 Å². The summed E-state index contributed by atoms with van der Waals surface area (Å²) in [4.78, 5) is 30.4. The van der Waals surface area contributed by atoms with Gasteiger partial charge in [-0.1, -0.05) is 18.2 Å². The maximum atomic E-state index is 13.8. The van der Waals surface area contributed by atoms with E-state index in [4.69, 9.17) is 14.2 Å². The van der Waals surface area contributed by atoms with Gasteiger partial charge in [-0.25, -0.2) is 9.80 Å². The second-order valence-corrected chi connectivity index (χ2v) is 10.1. The van der Waals surface area contributed by atoms with E-state index in [1.807, 2.05) is 61.3 Å². The summed E-state index contributed by atoms with van der Waals surface area (Å²) < 4.78 is 17.0. The average Bonchev–Trinajstić information content (AvgIpc) is 3.38. The number of pyridine rings is 1. The second kappa shape index (κ2) is 9.60. The standard InChI is InChI=1S/C31H28N4O5/c1-31(2)30(37)35-28-23(18-34(35)25-9-5-6-10-26(25)38-3)21(13-14-24(28)33-31)22-12-11-20(16-27(22)39-4)40-29(36)19-8-7-15-32-17-19/h5-17,33H,18H2,1-4H3. The van der Waals surface area contributed by atoms with Crippen LogP contribution in [-0.4, -0.2) is 36.6 Å². The fraction of sp³-hybridized carbons (Fsp3) is 0.194. The maximum absolute atomic E-state index is 13.8. The number of hydrogen-bond donors (Lipinski definition) is 1. The van der Waals surface area contributed by atoms with E-state index in [9.17, 15) is 9.59 Å². The number of benzene rings is 3. The number of carbonyl (C=O) groups is 2. The van der Waals surface area contributed by atoms with Crippen LogP contribution in [0.1, 0.15) is 29.8 Å². The number of hydrogen-bond acceptors (Lipinski definition) is 8. The Kier molecular flexibility index (Phi) is 6.06. The quantitative estimate of drug-likeness (QED) is 0.257. The first-order valence-electron chi connectivity index (χ1n) is 12.8. The smallest absolute Gasteiger partial charge is 0.345 e. The molecular formula is C31H28N4O5. The zero-order valence-corrected chi connectivity index (χ0v) is 22.6. The summed E-state index contributed by atoms with van der Waals surface area (Å²) in [5.74, 6) is 0.960. The minimum Gasteiger partial charge on any atom is -0.496 e. The molecule has 2 aliphatic rings. The van der Waals surface area contributed by atoms with Gasteiger partial charge in [0.05, 0.1) is 37.7 Å². The molecule has 0 saturated heterocycles. The van der Waals surface area contributed by atoms with Crippen molar-refractivity contribution < 1.29 is 23.8 Å². The number of aromatic nitrogens is 1. The Bertz CT molecular complexity index is 1640. The van der Waals surface area contributed by atoms with Crippen LogP contribution in [0.4, 0.5) is 17.1 Å². The number of esters is 1. The van der Waals surface area contributed by atoms with Crippen LogP contribution >= 0.6 is 0 Å². The molecule has 1 aromatic heterocycles. The molecule has 0 spiro atoms. The number of rotatable bonds is 6. The lowest BCUT2D eigenvalue weighted by atomic mass is 9.93. The Labute approximate surface area is 231 Å². The van der Waals surface area contributed by atoms with Crippen LogP contribution in [0, 0.1) is 0 Å². The molecule has 1 amide bonds. The number of nitrogens with one attached hydrogen (secondary N) is 1. The third-order valence-corrected chi connectivity index (χ3v) is 7.15. The first-order chi connectivity index (χ1) is 19.3. The van der Waals surface area contributed by atoms with Gasteiger partial charge in [0.1, 0.15) is 28.5 Å². The highest BCUT2D eigenvalue weighted by molar-refractivity contribution is 6.12. The Balaban J connectivity index is 1.44. The van der Waals surface area contributed by atoms with Gasteiger partial charge in [0.2, 0.25) is 0 Å². The molecule has 0 radical (unpaired) electrons. The molecule has 0 fully saturated rings. The number of hydrazine groups is 1. The topological polar surface area (TPSA) is 93.2 Å². The third-order valence-electron chi connectivity index (χ3n) is 7.15. The second-order valence-electron chi connectivity index (χ2n) is 10.1. The van der Waals surface area contributed by atoms with Gasteiger partial charge >= 0.3 is 5.97 Å². The molecule has 202 valence electrons. The molecule has 6 rings (SSSR count). The molecule has 0 bridgehead atoms. The van der Waals surface area contributed by atoms with E-state index in [2.05, 4.69) is 10.3 Å². The molecule has 9 heteroatoms. The number of nitrogens with zero attached hydrogens (tertiary/aromatic N) is 3. The highest BCUT2D eigenvalue weighted by Crippen LogP contribution is 2.51. The molecule has 0 aliphatic carbocycles. The fourth-order valence-electron chi connectivity index (χ4n) is 5.24. The normalized spacial score (nSPS) is 14.8. The van der Waals surface area contributed by atoms with Gasteiger partial charge in [0.25, 0.3) is 5.91 Å². The van der Waals surface area contributed by atoms with E-state index < -0.39 is 11.5 Å². The molecule has 40 heavy (non-hydrogen) atoms. The van der Waals surface area contributed by atoms with Gasteiger partial charge in [-0.15, -0.1) is 0 Å². The summed E-state index contributed by atoms with van der Waals surface area (Å²) in [6, 6.07) is 20.3. The van der Waals surface area contributed by atoms with Crippen molar-refractivity contribution in [1.82, 2.24) is 4.98 Å². The van der Waals surface area contributed by atoms with Crippen LogP contribution < -0.4 is 29.5 Å². The van der Waals surface area contributed by atoms with E-state index in [1.54, 1.807) is 49.7 Å². The fourth-order valence-corrected chi connectivity index (χ4v) is 5.24. The zero-order chi connectivity index (χ0) is 28.0. The van der Waals surface area contributed by atoms with Crippen molar-refractivity contribution in [1.29, 1.82) is 0 Å². The van der Waals surface area contributed by atoms with Gasteiger partial charge in [0.15, 0.2) is 0 Å². The summed E-state index contributed by atoms with van der Waals surface area (Å²) in [5.41, 5.74) is 4.65. The van der Waals surface area contributed by atoms with Crippen LogP contribution in [0.3, 0.4) is 0 Å². The molecular weight excluding hydrogens is 508 g/mol. The van der Waals surface area contributed by atoms with Crippen molar-refractivity contribution >= 4 is 28.9 Å². The SMILES string of the molecule is COc1cc(OC(=O)c2cccnc2)ccc1-c1ccc2c3c1CN(c1ccccc1OC)N3C(=O)C(C)(C)N2. The van der Waals surface area contributed by atoms with Gasteiger partial charge in [0, 0.05) is 29.6 Å². The minimum absolute atomic E-state index is 0.0774. The lowest BCUT2D eigenvalue weighted by Crippen LogP contribution is -2.57. The molecule has 4 aromatic rings. The monoisotopic (exact) mass is 536 g/mol. The summed E-state index contributed by atoms with van der Waals surface area (Å²) >= 11 is 0. The maximum Gasteiger partial charge on any atom is 0.345 e. The lowest BCUT2D eigenvalue weighted by molar-refractivity contribution is -0.122. The highest BCUT2D eigenvalue weighted by Gasteiger charge is 2.47. The summed E-state index contributed by atoms with van der Waals surface area (Å²) in [6.45, 7) is 4.18. The Morgan fingerprint density at radius 2 is 1.73 bits per heavy atom. The molecule has 1 N–H and O–H groups in total. The number of methoxy groups -OCH3 is 2. The Morgan fingerprint density at radius 3 is 2.48 bits per heavy atom. The van der Waals surface area contributed by atoms with Crippen molar-refractivity contribution in [2.75, 3.05) is 29.6 Å². The minimum atomic E-state index is -0.812. The van der Waals surface area contributed by atoms with E-state index in [0.717, 1.165) is 33.8 Å². The van der Waals surface area contributed by atoms with Gasteiger partial charge in [-0.2, -0.15) is 0 Å². The van der Waals surface area contributed by atoms with Crippen molar-refractivity contribution in [3.8, 4) is 28.4 Å². The van der Waals surface area contributed by atoms with Crippen LogP contribution in [0.5, 0.6) is 17.2 Å².